The van der Waals surface area contributed by atoms with E-state index in [9.17, 15) is 9.59 Å². The van der Waals surface area contributed by atoms with Crippen molar-refractivity contribution < 1.29 is 14.3 Å². The summed E-state index contributed by atoms with van der Waals surface area (Å²) in [6, 6.07) is 17.7. The van der Waals surface area contributed by atoms with Crippen molar-refractivity contribution in [2.45, 2.75) is 44.9 Å². The first kappa shape index (κ1) is 27.1. The fraction of sp³-hybridized carbons (Fsp3) is 0.419. The number of hydrogen-bond acceptors (Lipinski definition) is 6. The molecule has 2 aliphatic rings. The van der Waals surface area contributed by atoms with Gasteiger partial charge in [-0.15, -0.1) is 0 Å². The van der Waals surface area contributed by atoms with Gasteiger partial charge in [-0.25, -0.2) is 0 Å². The molecule has 0 spiro atoms. The zero-order valence-electron chi connectivity index (χ0n) is 23.1. The Kier molecular flexibility index (Phi) is 8.45. The number of carbonyl (C=O) groups excluding carboxylic acids is 2. The quantitative estimate of drug-likeness (QED) is 0.416. The van der Waals surface area contributed by atoms with Gasteiger partial charge in [0.05, 0.1) is 19.7 Å². The zero-order chi connectivity index (χ0) is 27.4. The summed E-state index contributed by atoms with van der Waals surface area (Å²) in [7, 11) is 3.41. The van der Waals surface area contributed by atoms with E-state index in [0.29, 0.717) is 19.4 Å². The number of ether oxygens (including phenoxy) is 1. The molecule has 5 rings (SSSR count). The van der Waals surface area contributed by atoms with E-state index in [0.717, 1.165) is 66.1 Å². The maximum absolute atomic E-state index is 14.0. The highest BCUT2D eigenvalue weighted by Gasteiger charge is 2.33. The molecule has 3 aromatic rings. The largest absolute Gasteiger partial charge is 0.496 e. The first-order valence-electron chi connectivity index (χ1n) is 13.9. The molecule has 3 aromatic carbocycles. The van der Waals surface area contributed by atoms with Crippen LogP contribution < -0.4 is 25.6 Å². The van der Waals surface area contributed by atoms with Gasteiger partial charge in [-0.05, 0) is 66.9 Å². The number of nitrogens with one attached hydrogen (secondary N) is 3. The molecular formula is C31H39N5O3. The van der Waals surface area contributed by atoms with Gasteiger partial charge in [0.25, 0.3) is 0 Å². The molecule has 2 amide bonds. The molecule has 3 N–H and O–H groups in total. The number of hydrogen-bond donors (Lipinski definition) is 3. The lowest BCUT2D eigenvalue weighted by atomic mass is 9.99. The second kappa shape index (κ2) is 12.2. The highest BCUT2D eigenvalue weighted by molar-refractivity contribution is 6.01. The van der Waals surface area contributed by atoms with Crippen LogP contribution in [-0.4, -0.2) is 69.1 Å². The molecule has 2 aliphatic heterocycles. The van der Waals surface area contributed by atoms with Crippen molar-refractivity contribution in [2.75, 3.05) is 45.2 Å². The van der Waals surface area contributed by atoms with E-state index >= 15 is 0 Å². The molecule has 8 heteroatoms. The molecule has 0 aromatic heterocycles. The molecule has 1 fully saturated rings. The van der Waals surface area contributed by atoms with Crippen molar-refractivity contribution in [3.05, 3.63) is 71.3 Å². The molecule has 0 bridgehead atoms. The summed E-state index contributed by atoms with van der Waals surface area (Å²) in [6.07, 6.45) is 1.26. The van der Waals surface area contributed by atoms with Crippen molar-refractivity contribution in [2.24, 2.45) is 0 Å². The number of benzene rings is 3. The van der Waals surface area contributed by atoms with E-state index in [1.165, 1.54) is 5.56 Å². The number of fused-ring (bicyclic) bond motifs is 2. The van der Waals surface area contributed by atoms with Crippen molar-refractivity contribution in [3.63, 3.8) is 0 Å². The zero-order valence-corrected chi connectivity index (χ0v) is 23.1. The number of rotatable bonds is 8. The second-order valence-corrected chi connectivity index (χ2v) is 10.5. The lowest BCUT2D eigenvalue weighted by Crippen LogP contribution is -2.52. The molecule has 0 aliphatic carbocycles. The fourth-order valence-electron chi connectivity index (χ4n) is 5.60. The minimum absolute atomic E-state index is 0.106. The average molecular weight is 530 g/mol. The van der Waals surface area contributed by atoms with Crippen molar-refractivity contribution in [1.82, 2.24) is 20.9 Å². The van der Waals surface area contributed by atoms with Crippen molar-refractivity contribution >= 4 is 28.3 Å². The Bertz CT molecular complexity index is 1340. The van der Waals surface area contributed by atoms with E-state index in [-0.39, 0.29) is 17.9 Å². The summed E-state index contributed by atoms with van der Waals surface area (Å²) in [5, 5.41) is 11.6. The summed E-state index contributed by atoms with van der Waals surface area (Å²) in [6.45, 7) is 7.21. The lowest BCUT2D eigenvalue weighted by molar-refractivity contribution is -0.128. The summed E-state index contributed by atoms with van der Waals surface area (Å²) >= 11 is 0. The van der Waals surface area contributed by atoms with Crippen LogP contribution in [0.3, 0.4) is 0 Å². The summed E-state index contributed by atoms with van der Waals surface area (Å²) in [5.74, 6) is 0.462. The van der Waals surface area contributed by atoms with Crippen LogP contribution in [0.4, 0.5) is 5.69 Å². The van der Waals surface area contributed by atoms with E-state index in [1.54, 1.807) is 21.1 Å². The monoisotopic (exact) mass is 529 g/mol. The number of piperazine rings is 1. The smallest absolute Gasteiger partial charge is 0.249 e. The van der Waals surface area contributed by atoms with Crippen LogP contribution in [0.5, 0.6) is 5.75 Å². The van der Waals surface area contributed by atoms with Gasteiger partial charge in [-0.1, -0.05) is 36.4 Å². The van der Waals surface area contributed by atoms with Crippen LogP contribution in [0.15, 0.2) is 54.6 Å². The molecular weight excluding hydrogens is 490 g/mol. The highest BCUT2D eigenvalue weighted by atomic mass is 16.5. The number of methoxy groups -OCH3 is 1. The Hall–Kier alpha value is -3.46. The van der Waals surface area contributed by atoms with Crippen LogP contribution in [-0.2, 0) is 29.1 Å². The van der Waals surface area contributed by atoms with Gasteiger partial charge in [0.15, 0.2) is 0 Å². The Labute approximate surface area is 230 Å². The highest BCUT2D eigenvalue weighted by Crippen LogP contribution is 2.34. The Balaban J connectivity index is 1.49. The lowest BCUT2D eigenvalue weighted by Gasteiger charge is -2.28. The molecule has 2 heterocycles. The maximum Gasteiger partial charge on any atom is 0.249 e. The van der Waals surface area contributed by atoms with Crippen LogP contribution in [0.1, 0.15) is 30.0 Å². The van der Waals surface area contributed by atoms with Crippen molar-refractivity contribution in [1.29, 1.82) is 0 Å². The minimum Gasteiger partial charge on any atom is -0.496 e. The number of aryl methyl sites for hydroxylation is 1. The predicted octanol–water partition coefficient (Wildman–Crippen LogP) is 2.83. The second-order valence-electron chi connectivity index (χ2n) is 10.5. The Morgan fingerprint density at radius 3 is 2.67 bits per heavy atom. The molecule has 0 radical (unpaired) electrons. The molecule has 1 saturated heterocycles. The normalized spacial score (nSPS) is 18.9. The van der Waals surface area contributed by atoms with Crippen LogP contribution >= 0.6 is 0 Å². The number of likely N-dealkylation sites (N-methyl/N-ethyl adjacent to an activating group) is 1. The van der Waals surface area contributed by atoms with Gasteiger partial charge in [0, 0.05) is 44.0 Å². The van der Waals surface area contributed by atoms with E-state index < -0.39 is 6.04 Å². The fourth-order valence-corrected chi connectivity index (χ4v) is 5.60. The van der Waals surface area contributed by atoms with Gasteiger partial charge >= 0.3 is 0 Å². The third kappa shape index (κ3) is 5.93. The summed E-state index contributed by atoms with van der Waals surface area (Å²) < 4.78 is 5.81. The topological polar surface area (TPSA) is 85.9 Å². The molecule has 206 valence electrons. The summed E-state index contributed by atoms with van der Waals surface area (Å²) in [5.41, 5.74) is 4.22. The van der Waals surface area contributed by atoms with Gasteiger partial charge in [0.2, 0.25) is 11.8 Å². The SMILES string of the molecule is CNC(C)C(=O)NC1CCc2ccccc2N(Cc2c(OC)ccc3cc(CN4CCNCC4)ccc23)C1=O. The van der Waals surface area contributed by atoms with Gasteiger partial charge in [0.1, 0.15) is 11.8 Å². The average Bonchev–Trinajstić information content (AvgIpc) is 3.09. The van der Waals surface area contributed by atoms with Gasteiger partial charge in [-0.3, -0.25) is 14.5 Å². The predicted molar refractivity (Wildman–Crippen MR) is 155 cm³/mol. The maximum atomic E-state index is 14.0. The number of nitrogens with zero attached hydrogens (tertiary/aromatic N) is 2. The Morgan fingerprint density at radius 1 is 1.10 bits per heavy atom. The minimum atomic E-state index is -0.604. The Morgan fingerprint density at radius 2 is 1.90 bits per heavy atom. The molecule has 0 saturated carbocycles. The van der Waals surface area contributed by atoms with Crippen LogP contribution in [0.2, 0.25) is 0 Å². The number of amides is 2. The number of anilines is 1. The molecule has 2 atom stereocenters. The molecule has 2 unspecified atom stereocenters. The third-order valence-electron chi connectivity index (χ3n) is 8.00. The van der Waals surface area contributed by atoms with E-state index in [1.807, 2.05) is 29.2 Å². The first-order chi connectivity index (χ1) is 19.0. The van der Waals surface area contributed by atoms with E-state index in [4.69, 9.17) is 4.74 Å². The summed E-state index contributed by atoms with van der Waals surface area (Å²) in [4.78, 5) is 31.0. The first-order valence-corrected chi connectivity index (χ1v) is 13.9. The number of para-hydroxylation sites is 1. The van der Waals surface area contributed by atoms with Crippen LogP contribution in [0.25, 0.3) is 10.8 Å². The van der Waals surface area contributed by atoms with Crippen molar-refractivity contribution in [3.8, 4) is 5.75 Å². The van der Waals surface area contributed by atoms with Gasteiger partial charge in [-0.2, -0.15) is 0 Å². The number of carbonyl (C=O) groups is 2. The van der Waals surface area contributed by atoms with Crippen LogP contribution in [0, 0.1) is 0 Å². The molecule has 8 nitrogen and oxygen atoms in total. The standard InChI is InChI=1S/C31H39N5O3/c1-21(32-2)30(37)34-27-12-9-23-6-4-5-7-28(23)36(31(27)38)20-26-25-11-8-22(19-35-16-14-33-15-17-35)18-24(25)10-13-29(26)39-3/h4-8,10-11,13,18,21,27,32-33H,9,12,14-17,19-20H2,1-3H3,(H,34,37). The molecule has 39 heavy (non-hydrogen) atoms. The van der Waals surface area contributed by atoms with E-state index in [2.05, 4.69) is 51.2 Å². The third-order valence-corrected chi connectivity index (χ3v) is 8.00. The van der Waals surface area contributed by atoms with Gasteiger partial charge < -0.3 is 25.6 Å².